The minimum Gasteiger partial charge on any atom is -0.357 e. The van der Waals surface area contributed by atoms with E-state index >= 15 is 0 Å². The third kappa shape index (κ3) is 2.80. The van der Waals surface area contributed by atoms with E-state index in [1.54, 1.807) is 0 Å². The molecule has 20 heavy (non-hydrogen) atoms. The first-order chi connectivity index (χ1) is 9.21. The van der Waals surface area contributed by atoms with Crippen molar-refractivity contribution in [3.05, 3.63) is 55.4 Å². The molecule has 0 aliphatic carbocycles. The Balaban J connectivity index is 2.83. The average Bonchev–Trinajstić information content (AvgIpc) is 2.33. The molecule has 0 spiro atoms. The summed E-state index contributed by atoms with van der Waals surface area (Å²) in [6, 6.07) is 3.29. The molecule has 1 heterocycles. The maximum absolute atomic E-state index is 13.0. The van der Waals surface area contributed by atoms with Gasteiger partial charge >= 0.3 is 6.18 Å². The van der Waals surface area contributed by atoms with Crippen molar-refractivity contribution in [1.29, 1.82) is 0 Å². The van der Waals surface area contributed by atoms with Crippen molar-refractivity contribution < 1.29 is 13.2 Å². The lowest BCUT2D eigenvalue weighted by molar-refractivity contribution is -0.140. The van der Waals surface area contributed by atoms with Crippen LogP contribution in [0.15, 0.2) is 29.2 Å². The number of halogens is 6. The fourth-order valence-corrected chi connectivity index (χ4v) is 2.33. The molecule has 0 aliphatic heterocycles. The normalized spacial score (nSPS) is 11.7. The number of rotatable bonds is 1. The van der Waals surface area contributed by atoms with Gasteiger partial charge in [0.25, 0.3) is 0 Å². The van der Waals surface area contributed by atoms with Gasteiger partial charge in [-0.25, -0.2) is 0 Å². The maximum Gasteiger partial charge on any atom is 0.431 e. The Morgan fingerprint density at radius 2 is 1.60 bits per heavy atom. The zero-order chi connectivity index (χ0) is 15.1. The highest BCUT2D eigenvalue weighted by Gasteiger charge is 2.36. The molecule has 8 heteroatoms. The van der Waals surface area contributed by atoms with E-state index in [0.29, 0.717) is 0 Å². The molecule has 0 fully saturated rings. The summed E-state index contributed by atoms with van der Waals surface area (Å²) in [5.41, 5.74) is -2.74. The third-order valence-electron chi connectivity index (χ3n) is 2.52. The fraction of sp³-hybridized carbons (Fsp3) is 0.0833. The largest absolute Gasteiger partial charge is 0.431 e. The van der Waals surface area contributed by atoms with E-state index in [-0.39, 0.29) is 20.6 Å². The fourth-order valence-electron chi connectivity index (χ4n) is 1.68. The van der Waals surface area contributed by atoms with Gasteiger partial charge in [0.05, 0.1) is 20.6 Å². The van der Waals surface area contributed by atoms with Crippen molar-refractivity contribution in [2.45, 2.75) is 6.18 Å². The Kier molecular flexibility index (Phi) is 4.04. The molecule has 106 valence electrons. The number of aromatic nitrogens is 1. The molecule has 2 aromatic rings. The van der Waals surface area contributed by atoms with E-state index in [4.69, 9.17) is 34.8 Å². The van der Waals surface area contributed by atoms with Gasteiger partial charge in [-0.1, -0.05) is 34.8 Å². The van der Waals surface area contributed by atoms with Gasteiger partial charge in [0.15, 0.2) is 5.43 Å². The molecule has 0 saturated carbocycles. The molecule has 2 rings (SSSR count). The Hall–Kier alpha value is -1.17. The lowest BCUT2D eigenvalue weighted by Gasteiger charge is -2.13. The van der Waals surface area contributed by atoms with Gasteiger partial charge in [0, 0.05) is 17.8 Å². The first-order valence-electron chi connectivity index (χ1n) is 5.15. The predicted molar refractivity (Wildman–Crippen MR) is 72.5 cm³/mol. The van der Waals surface area contributed by atoms with E-state index < -0.39 is 22.9 Å². The number of pyridine rings is 1. The van der Waals surface area contributed by atoms with Gasteiger partial charge in [-0.2, -0.15) is 13.2 Å². The van der Waals surface area contributed by atoms with Crippen LogP contribution in [0.2, 0.25) is 15.1 Å². The Bertz CT molecular complexity index is 725. The molecule has 0 saturated heterocycles. The van der Waals surface area contributed by atoms with Crippen LogP contribution in [0, 0.1) is 0 Å². The summed E-state index contributed by atoms with van der Waals surface area (Å²) >= 11 is 17.4. The number of hydrogen-bond acceptors (Lipinski definition) is 1. The van der Waals surface area contributed by atoms with Gasteiger partial charge in [0.1, 0.15) is 5.69 Å². The van der Waals surface area contributed by atoms with Crippen molar-refractivity contribution in [2.24, 2.45) is 0 Å². The second-order valence-corrected chi connectivity index (χ2v) is 5.06. The van der Waals surface area contributed by atoms with Crippen LogP contribution in [-0.4, -0.2) is 4.98 Å². The Morgan fingerprint density at radius 3 is 2.20 bits per heavy atom. The Labute approximate surface area is 126 Å². The van der Waals surface area contributed by atoms with Gasteiger partial charge in [-0.15, -0.1) is 0 Å². The predicted octanol–water partition coefficient (Wildman–Crippen LogP) is 5.02. The van der Waals surface area contributed by atoms with Crippen LogP contribution in [-0.2, 0) is 6.18 Å². The molecule has 1 aromatic carbocycles. The minimum absolute atomic E-state index is 0.00226. The third-order valence-corrected chi connectivity index (χ3v) is 3.56. The molecule has 0 radical (unpaired) electrons. The molecule has 0 bridgehead atoms. The molecule has 2 nitrogen and oxygen atoms in total. The van der Waals surface area contributed by atoms with Crippen LogP contribution in [0.1, 0.15) is 5.69 Å². The van der Waals surface area contributed by atoms with E-state index in [9.17, 15) is 18.0 Å². The van der Waals surface area contributed by atoms with E-state index in [1.165, 1.54) is 6.07 Å². The number of aromatic amines is 1. The SMILES string of the molecule is O=c1cc[nH]c(C(F)(F)F)c1-c1cc(Cl)c(Cl)cc1Cl. The highest BCUT2D eigenvalue weighted by molar-refractivity contribution is 6.44. The van der Waals surface area contributed by atoms with Crippen molar-refractivity contribution in [1.82, 2.24) is 4.98 Å². The minimum atomic E-state index is -4.73. The van der Waals surface area contributed by atoms with Crippen molar-refractivity contribution in [3.8, 4) is 11.1 Å². The number of benzene rings is 1. The van der Waals surface area contributed by atoms with Crippen LogP contribution >= 0.6 is 34.8 Å². The Morgan fingerprint density at radius 1 is 1.00 bits per heavy atom. The molecule has 0 aliphatic rings. The molecular weight excluding hydrogens is 337 g/mol. The van der Waals surface area contributed by atoms with Crippen LogP contribution in [0.4, 0.5) is 13.2 Å². The topological polar surface area (TPSA) is 32.9 Å². The maximum atomic E-state index is 13.0. The van der Waals surface area contributed by atoms with Gasteiger partial charge in [-0.05, 0) is 12.1 Å². The van der Waals surface area contributed by atoms with E-state index in [0.717, 1.165) is 18.3 Å². The summed E-state index contributed by atoms with van der Waals surface area (Å²) in [6.45, 7) is 0. The van der Waals surface area contributed by atoms with Gasteiger partial charge in [0.2, 0.25) is 0 Å². The van der Waals surface area contributed by atoms with Crippen LogP contribution in [0.3, 0.4) is 0 Å². The number of H-pyrrole nitrogens is 1. The first-order valence-corrected chi connectivity index (χ1v) is 6.29. The van der Waals surface area contributed by atoms with E-state index in [2.05, 4.69) is 0 Å². The molecule has 1 aromatic heterocycles. The van der Waals surface area contributed by atoms with Crippen molar-refractivity contribution in [3.63, 3.8) is 0 Å². The molecular formula is C12H5Cl3F3NO. The lowest BCUT2D eigenvalue weighted by Crippen LogP contribution is -2.17. The summed E-state index contributed by atoms with van der Waals surface area (Å²) in [4.78, 5) is 13.8. The monoisotopic (exact) mass is 341 g/mol. The van der Waals surface area contributed by atoms with Crippen LogP contribution in [0.25, 0.3) is 11.1 Å². The summed E-state index contributed by atoms with van der Waals surface area (Å²) < 4.78 is 38.9. The average molecular weight is 343 g/mol. The second kappa shape index (κ2) is 5.31. The lowest BCUT2D eigenvalue weighted by atomic mass is 10.0. The highest BCUT2D eigenvalue weighted by Crippen LogP contribution is 2.39. The number of alkyl halides is 3. The van der Waals surface area contributed by atoms with E-state index in [1.807, 2.05) is 4.98 Å². The summed E-state index contributed by atoms with van der Waals surface area (Å²) in [7, 11) is 0. The highest BCUT2D eigenvalue weighted by atomic mass is 35.5. The number of nitrogens with one attached hydrogen (secondary N) is 1. The number of hydrogen-bond donors (Lipinski definition) is 1. The molecule has 1 N–H and O–H groups in total. The zero-order valence-electron chi connectivity index (χ0n) is 9.49. The standard InChI is InChI=1S/C12H5Cl3F3NO/c13-6-4-8(15)7(14)3-5(6)10-9(20)1-2-19-11(10)12(16,17)18/h1-4H,(H,19,20). The first kappa shape index (κ1) is 15.2. The van der Waals surface area contributed by atoms with Gasteiger partial charge in [-0.3, -0.25) is 4.79 Å². The molecule has 0 amide bonds. The van der Waals surface area contributed by atoms with Crippen LogP contribution in [0.5, 0.6) is 0 Å². The second-order valence-electron chi connectivity index (χ2n) is 3.84. The summed E-state index contributed by atoms with van der Waals surface area (Å²) in [5, 5.41) is -0.00891. The van der Waals surface area contributed by atoms with Crippen molar-refractivity contribution in [2.75, 3.05) is 0 Å². The van der Waals surface area contributed by atoms with Gasteiger partial charge < -0.3 is 4.98 Å². The van der Waals surface area contributed by atoms with Crippen molar-refractivity contribution >= 4 is 34.8 Å². The molecule has 0 unspecified atom stereocenters. The summed E-state index contributed by atoms with van der Waals surface area (Å²) in [5.74, 6) is 0. The zero-order valence-corrected chi connectivity index (χ0v) is 11.8. The molecule has 0 atom stereocenters. The van der Waals surface area contributed by atoms with Crippen LogP contribution < -0.4 is 5.43 Å². The quantitative estimate of drug-likeness (QED) is 0.725. The summed E-state index contributed by atoms with van der Waals surface area (Å²) in [6.07, 6.45) is -3.81. The smallest absolute Gasteiger partial charge is 0.357 e.